The Bertz CT molecular complexity index is 1020. The van der Waals surface area contributed by atoms with Crippen molar-refractivity contribution in [3.05, 3.63) is 64.1 Å². The SMILES string of the molecule is CCc1ccc(C(=O)COC(=O)CCc2c(C)nc3cc(C)nn3c2C)cc1. The number of hydrogen-bond acceptors (Lipinski definition) is 5. The smallest absolute Gasteiger partial charge is 0.306 e. The molecule has 2 heterocycles. The molecule has 0 radical (unpaired) electrons. The zero-order chi connectivity index (χ0) is 20.3. The molecular weight excluding hydrogens is 354 g/mol. The Hall–Kier alpha value is -3.02. The summed E-state index contributed by atoms with van der Waals surface area (Å²) in [5.41, 5.74) is 6.25. The lowest BCUT2D eigenvalue weighted by Gasteiger charge is -2.11. The van der Waals surface area contributed by atoms with E-state index in [1.54, 1.807) is 16.6 Å². The number of aromatic nitrogens is 3. The molecule has 6 nitrogen and oxygen atoms in total. The molecule has 6 heteroatoms. The van der Waals surface area contributed by atoms with E-state index in [-0.39, 0.29) is 18.8 Å². The van der Waals surface area contributed by atoms with Crippen molar-refractivity contribution in [2.75, 3.05) is 6.61 Å². The minimum atomic E-state index is -0.394. The third-order valence-electron chi connectivity index (χ3n) is 4.91. The molecule has 146 valence electrons. The average Bonchev–Trinajstić information content (AvgIpc) is 3.06. The normalized spacial score (nSPS) is 11.0. The molecule has 0 fully saturated rings. The molecule has 0 aliphatic carbocycles. The van der Waals surface area contributed by atoms with Crippen LogP contribution in [0.2, 0.25) is 0 Å². The second-order valence-electron chi connectivity index (χ2n) is 6.95. The summed E-state index contributed by atoms with van der Waals surface area (Å²) < 4.78 is 6.97. The Balaban J connectivity index is 1.58. The third-order valence-corrected chi connectivity index (χ3v) is 4.91. The van der Waals surface area contributed by atoms with Gasteiger partial charge in [0.15, 0.2) is 18.0 Å². The van der Waals surface area contributed by atoms with Gasteiger partial charge in [0.2, 0.25) is 0 Å². The van der Waals surface area contributed by atoms with Crippen LogP contribution in [0.4, 0.5) is 0 Å². The van der Waals surface area contributed by atoms with E-state index in [2.05, 4.69) is 17.0 Å². The van der Waals surface area contributed by atoms with Gasteiger partial charge in [-0.3, -0.25) is 9.59 Å². The van der Waals surface area contributed by atoms with E-state index in [0.717, 1.165) is 40.3 Å². The van der Waals surface area contributed by atoms with Crippen LogP contribution in [0.1, 0.15) is 51.9 Å². The van der Waals surface area contributed by atoms with Gasteiger partial charge in [-0.15, -0.1) is 0 Å². The minimum absolute atomic E-state index is 0.192. The van der Waals surface area contributed by atoms with Gasteiger partial charge in [-0.1, -0.05) is 31.2 Å². The van der Waals surface area contributed by atoms with E-state index < -0.39 is 5.97 Å². The van der Waals surface area contributed by atoms with Gasteiger partial charge in [-0.05, 0) is 44.7 Å². The Morgan fingerprint density at radius 1 is 1.11 bits per heavy atom. The number of fused-ring (bicyclic) bond motifs is 1. The molecule has 0 saturated heterocycles. The summed E-state index contributed by atoms with van der Waals surface area (Å²) in [6.45, 7) is 7.64. The number of Topliss-reactive ketones (excluding diaryl/α,β-unsaturated/α-hetero) is 1. The molecule has 0 aliphatic rings. The number of nitrogens with zero attached hydrogens (tertiary/aromatic N) is 3. The Morgan fingerprint density at radius 2 is 1.82 bits per heavy atom. The van der Waals surface area contributed by atoms with Crippen LogP contribution in [0.3, 0.4) is 0 Å². The van der Waals surface area contributed by atoms with Crippen LogP contribution in [0.25, 0.3) is 5.65 Å². The molecule has 0 saturated carbocycles. The topological polar surface area (TPSA) is 73.6 Å². The van der Waals surface area contributed by atoms with Crippen LogP contribution < -0.4 is 0 Å². The van der Waals surface area contributed by atoms with Crippen LogP contribution in [0.5, 0.6) is 0 Å². The van der Waals surface area contributed by atoms with Crippen LogP contribution in [-0.4, -0.2) is 33.0 Å². The first-order valence-corrected chi connectivity index (χ1v) is 9.49. The van der Waals surface area contributed by atoms with Gasteiger partial charge < -0.3 is 4.74 Å². The second-order valence-corrected chi connectivity index (χ2v) is 6.95. The molecule has 0 bridgehead atoms. The number of esters is 1. The number of benzene rings is 1. The molecule has 3 rings (SSSR count). The number of rotatable bonds is 7. The van der Waals surface area contributed by atoms with Gasteiger partial charge in [0.05, 0.1) is 5.69 Å². The minimum Gasteiger partial charge on any atom is -0.457 e. The number of ether oxygens (including phenoxy) is 1. The maximum absolute atomic E-state index is 12.2. The Morgan fingerprint density at radius 3 is 2.50 bits per heavy atom. The van der Waals surface area contributed by atoms with Crippen molar-refractivity contribution in [1.29, 1.82) is 0 Å². The van der Waals surface area contributed by atoms with Gasteiger partial charge in [0.25, 0.3) is 0 Å². The first-order valence-electron chi connectivity index (χ1n) is 9.49. The highest BCUT2D eigenvalue weighted by Crippen LogP contribution is 2.17. The van der Waals surface area contributed by atoms with Crippen molar-refractivity contribution in [1.82, 2.24) is 14.6 Å². The van der Waals surface area contributed by atoms with E-state index >= 15 is 0 Å². The molecule has 3 aromatic rings. The van der Waals surface area contributed by atoms with Crippen LogP contribution in [-0.2, 0) is 22.4 Å². The molecule has 0 amide bonds. The lowest BCUT2D eigenvalue weighted by molar-refractivity contribution is -0.142. The quantitative estimate of drug-likeness (QED) is 0.463. The summed E-state index contributed by atoms with van der Waals surface area (Å²) in [5, 5.41) is 4.44. The van der Waals surface area contributed by atoms with Crippen LogP contribution in [0.15, 0.2) is 30.3 Å². The summed E-state index contributed by atoms with van der Waals surface area (Å²) >= 11 is 0. The Kier molecular flexibility index (Phi) is 5.87. The van der Waals surface area contributed by atoms with Gasteiger partial charge in [-0.2, -0.15) is 5.10 Å². The largest absolute Gasteiger partial charge is 0.457 e. The lowest BCUT2D eigenvalue weighted by atomic mass is 10.1. The average molecular weight is 379 g/mol. The van der Waals surface area contributed by atoms with Crippen molar-refractivity contribution < 1.29 is 14.3 Å². The zero-order valence-electron chi connectivity index (χ0n) is 16.8. The molecule has 1 aromatic carbocycles. The highest BCUT2D eigenvalue weighted by Gasteiger charge is 2.14. The summed E-state index contributed by atoms with van der Waals surface area (Å²) in [5.74, 6) is -0.590. The lowest BCUT2D eigenvalue weighted by Crippen LogP contribution is -2.15. The maximum atomic E-state index is 12.2. The fourth-order valence-electron chi connectivity index (χ4n) is 3.26. The number of hydrogen-bond donors (Lipinski definition) is 0. The van der Waals surface area contributed by atoms with Gasteiger partial charge in [0, 0.05) is 29.4 Å². The molecule has 2 aromatic heterocycles. The van der Waals surface area contributed by atoms with Gasteiger partial charge in [0.1, 0.15) is 0 Å². The summed E-state index contributed by atoms with van der Waals surface area (Å²) in [6.07, 6.45) is 1.61. The first kappa shape index (κ1) is 19.7. The molecule has 0 spiro atoms. The van der Waals surface area contributed by atoms with E-state index in [1.165, 1.54) is 0 Å². The highest BCUT2D eigenvalue weighted by molar-refractivity contribution is 5.97. The van der Waals surface area contributed by atoms with Crippen molar-refractivity contribution in [2.45, 2.75) is 47.0 Å². The van der Waals surface area contributed by atoms with E-state index in [0.29, 0.717) is 12.0 Å². The summed E-state index contributed by atoms with van der Waals surface area (Å²) in [4.78, 5) is 28.9. The van der Waals surface area contributed by atoms with Gasteiger partial charge in [-0.25, -0.2) is 9.50 Å². The maximum Gasteiger partial charge on any atom is 0.306 e. The molecule has 0 aliphatic heterocycles. The summed E-state index contributed by atoms with van der Waals surface area (Å²) in [6, 6.07) is 9.31. The first-order chi connectivity index (χ1) is 13.4. The highest BCUT2D eigenvalue weighted by atomic mass is 16.5. The fraction of sp³-hybridized carbons (Fsp3) is 0.364. The predicted molar refractivity (Wildman–Crippen MR) is 107 cm³/mol. The third kappa shape index (κ3) is 4.27. The number of ketones is 1. The van der Waals surface area contributed by atoms with Crippen molar-refractivity contribution in [3.8, 4) is 0 Å². The fourth-order valence-corrected chi connectivity index (χ4v) is 3.26. The van der Waals surface area contributed by atoms with Crippen LogP contribution in [0, 0.1) is 20.8 Å². The Labute approximate surface area is 164 Å². The van der Waals surface area contributed by atoms with E-state index in [1.807, 2.05) is 39.0 Å². The molecule has 28 heavy (non-hydrogen) atoms. The number of aryl methyl sites for hydroxylation is 4. The van der Waals surface area contributed by atoms with Crippen molar-refractivity contribution in [3.63, 3.8) is 0 Å². The molecule has 0 N–H and O–H groups in total. The predicted octanol–water partition coefficient (Wildman–Crippen LogP) is 3.58. The monoisotopic (exact) mass is 379 g/mol. The molecule has 0 atom stereocenters. The summed E-state index contributed by atoms with van der Waals surface area (Å²) in [7, 11) is 0. The number of carbonyl (C=O) groups is 2. The van der Waals surface area contributed by atoms with Crippen molar-refractivity contribution in [2.24, 2.45) is 0 Å². The van der Waals surface area contributed by atoms with Gasteiger partial charge >= 0.3 is 5.97 Å². The second kappa shape index (κ2) is 8.33. The molecule has 0 unspecified atom stereocenters. The zero-order valence-corrected chi connectivity index (χ0v) is 16.8. The standard InChI is InChI=1S/C22H25N3O3/c1-5-17-6-8-18(9-7-17)20(26)13-28-22(27)11-10-19-15(3)23-21-12-14(2)24-25(21)16(19)4/h6-9,12H,5,10-11,13H2,1-4H3. The molecular formula is C22H25N3O3. The van der Waals surface area contributed by atoms with E-state index in [9.17, 15) is 9.59 Å². The number of carbonyl (C=O) groups excluding carboxylic acids is 2. The van der Waals surface area contributed by atoms with Crippen molar-refractivity contribution >= 4 is 17.4 Å². The van der Waals surface area contributed by atoms with E-state index in [4.69, 9.17) is 4.74 Å². The van der Waals surface area contributed by atoms with Crippen LogP contribution >= 0.6 is 0 Å².